The van der Waals surface area contributed by atoms with Gasteiger partial charge >= 0.3 is 7.82 Å². The highest BCUT2D eigenvalue weighted by molar-refractivity contribution is 7.47. The molecule has 0 amide bonds. The van der Waals surface area contributed by atoms with E-state index in [9.17, 15) is 9.46 Å². The Kier molecular flexibility index (Phi) is 2.88. The minimum atomic E-state index is -3.85. The Morgan fingerprint density at radius 1 is 1.36 bits per heavy atom. The van der Waals surface area contributed by atoms with Crippen LogP contribution in [-0.2, 0) is 13.6 Å². The van der Waals surface area contributed by atoms with Gasteiger partial charge in [0.1, 0.15) is 11.2 Å². The molecule has 14 heavy (non-hydrogen) atoms. The molecule has 1 saturated heterocycles. The molecule has 3 unspecified atom stereocenters. The summed E-state index contributed by atoms with van der Waals surface area (Å²) in [4.78, 5) is 9.32. The third kappa shape index (κ3) is 1.76. The first kappa shape index (κ1) is 12.2. The first-order valence-corrected chi connectivity index (χ1v) is 6.38. The van der Waals surface area contributed by atoms with E-state index in [2.05, 4.69) is 0 Å². The first-order chi connectivity index (χ1) is 6.15. The van der Waals surface area contributed by atoms with E-state index in [4.69, 9.17) is 9.05 Å². The van der Waals surface area contributed by atoms with Crippen LogP contribution < -0.4 is 0 Å². The molecule has 1 rings (SSSR count). The zero-order valence-electron chi connectivity index (χ0n) is 9.40. The molecular weight excluding hydrogens is 203 g/mol. The van der Waals surface area contributed by atoms with Crippen molar-refractivity contribution in [2.24, 2.45) is 5.92 Å². The molecule has 5 heteroatoms. The Labute approximate surface area is 85.2 Å². The largest absolute Gasteiger partial charge is 0.473 e. The Morgan fingerprint density at radius 2 is 1.86 bits per heavy atom. The highest BCUT2D eigenvalue weighted by atomic mass is 31.2. The van der Waals surface area contributed by atoms with Gasteiger partial charge in [-0.2, -0.15) is 0 Å². The Morgan fingerprint density at radius 3 is 2.14 bits per heavy atom. The minimum Gasteiger partial charge on any atom is -0.302 e. The number of hydrogen-bond donors (Lipinski definition) is 1. The second-order valence-corrected chi connectivity index (χ2v) is 5.88. The van der Waals surface area contributed by atoms with Crippen molar-refractivity contribution >= 4 is 7.82 Å². The maximum Gasteiger partial charge on any atom is 0.473 e. The molecule has 0 radical (unpaired) electrons. The van der Waals surface area contributed by atoms with Crippen molar-refractivity contribution in [3.63, 3.8) is 0 Å². The predicted molar refractivity (Wildman–Crippen MR) is 53.9 cm³/mol. The quantitative estimate of drug-likeness (QED) is 0.730. The van der Waals surface area contributed by atoms with Crippen LogP contribution in [0.3, 0.4) is 0 Å². The van der Waals surface area contributed by atoms with Crippen LogP contribution >= 0.6 is 7.82 Å². The van der Waals surface area contributed by atoms with Gasteiger partial charge in [0, 0.05) is 0 Å². The maximum absolute atomic E-state index is 11.4. The summed E-state index contributed by atoms with van der Waals surface area (Å²) in [6.07, 6.45) is 0.878. The van der Waals surface area contributed by atoms with Crippen molar-refractivity contribution in [1.82, 2.24) is 0 Å². The molecule has 0 aromatic heterocycles. The summed E-state index contributed by atoms with van der Waals surface area (Å²) in [6, 6.07) is 0. The van der Waals surface area contributed by atoms with Crippen LogP contribution in [0.1, 0.15) is 41.0 Å². The molecule has 84 valence electrons. The van der Waals surface area contributed by atoms with Crippen LogP contribution in [0.5, 0.6) is 0 Å². The molecule has 1 aliphatic rings. The highest BCUT2D eigenvalue weighted by Gasteiger charge is 2.59. The molecule has 0 saturated carbocycles. The van der Waals surface area contributed by atoms with Gasteiger partial charge in [0.2, 0.25) is 0 Å². The van der Waals surface area contributed by atoms with Gasteiger partial charge < -0.3 is 4.89 Å². The van der Waals surface area contributed by atoms with Gasteiger partial charge in [-0.1, -0.05) is 20.3 Å². The average Bonchev–Trinajstić information content (AvgIpc) is 2.15. The SMILES string of the molecule is CCC(C)C1(C)OP(=O)(O)OC1(C)C. The van der Waals surface area contributed by atoms with E-state index < -0.39 is 19.0 Å². The lowest BCUT2D eigenvalue weighted by atomic mass is 9.77. The monoisotopic (exact) mass is 222 g/mol. The van der Waals surface area contributed by atoms with Crippen molar-refractivity contribution in [2.45, 2.75) is 52.2 Å². The summed E-state index contributed by atoms with van der Waals surface area (Å²) >= 11 is 0. The van der Waals surface area contributed by atoms with Crippen LogP contribution in [0.4, 0.5) is 0 Å². The van der Waals surface area contributed by atoms with E-state index in [0.717, 1.165) is 6.42 Å². The lowest BCUT2D eigenvalue weighted by Gasteiger charge is -2.38. The molecule has 0 bridgehead atoms. The van der Waals surface area contributed by atoms with E-state index in [0.29, 0.717) is 0 Å². The number of hydrogen-bond acceptors (Lipinski definition) is 3. The van der Waals surface area contributed by atoms with Crippen LogP contribution in [-0.4, -0.2) is 16.1 Å². The molecule has 1 aliphatic heterocycles. The highest BCUT2D eigenvalue weighted by Crippen LogP contribution is 2.63. The number of phosphoric acid groups is 1. The fourth-order valence-electron chi connectivity index (χ4n) is 1.82. The fourth-order valence-corrected chi connectivity index (χ4v) is 3.49. The van der Waals surface area contributed by atoms with Gasteiger partial charge in [-0.15, -0.1) is 0 Å². The Hall–Kier alpha value is 0.110. The minimum absolute atomic E-state index is 0.167. The second kappa shape index (κ2) is 3.31. The normalized spacial score (nSPS) is 43.9. The van der Waals surface area contributed by atoms with Crippen LogP contribution in [0, 0.1) is 5.92 Å². The van der Waals surface area contributed by atoms with E-state index in [1.54, 1.807) is 13.8 Å². The fraction of sp³-hybridized carbons (Fsp3) is 1.00. The summed E-state index contributed by atoms with van der Waals surface area (Å²) in [7, 11) is -3.85. The van der Waals surface area contributed by atoms with Gasteiger partial charge in [-0.05, 0) is 26.7 Å². The second-order valence-electron chi connectivity index (χ2n) is 4.58. The Balaban J connectivity index is 3.05. The third-order valence-corrected chi connectivity index (χ3v) is 4.69. The van der Waals surface area contributed by atoms with E-state index in [-0.39, 0.29) is 5.92 Å². The standard InChI is InChI=1S/C9H19O4P/c1-6-7(2)9(5)8(3,4)12-14(10,11)13-9/h7H,6H2,1-5H3,(H,10,11). The number of rotatable bonds is 2. The summed E-state index contributed by atoms with van der Waals surface area (Å²) in [5, 5.41) is 0. The van der Waals surface area contributed by atoms with E-state index in [1.807, 2.05) is 20.8 Å². The molecular formula is C9H19O4P. The summed E-state index contributed by atoms with van der Waals surface area (Å²) < 4.78 is 21.6. The average molecular weight is 222 g/mol. The topological polar surface area (TPSA) is 55.8 Å². The van der Waals surface area contributed by atoms with Gasteiger partial charge in [-0.3, -0.25) is 9.05 Å². The van der Waals surface area contributed by atoms with E-state index >= 15 is 0 Å². The summed E-state index contributed by atoms with van der Waals surface area (Å²) in [5.74, 6) is 0.167. The summed E-state index contributed by atoms with van der Waals surface area (Å²) in [6.45, 7) is 9.42. The van der Waals surface area contributed by atoms with Crippen LogP contribution in [0.15, 0.2) is 0 Å². The molecule has 1 fully saturated rings. The molecule has 0 aliphatic carbocycles. The molecule has 3 atom stereocenters. The van der Waals surface area contributed by atoms with Crippen molar-refractivity contribution in [2.75, 3.05) is 0 Å². The molecule has 0 aromatic rings. The third-order valence-electron chi connectivity index (χ3n) is 3.40. The Bertz CT molecular complexity index is 276. The van der Waals surface area contributed by atoms with Gasteiger partial charge in [0.05, 0.1) is 0 Å². The summed E-state index contributed by atoms with van der Waals surface area (Å²) in [5.41, 5.74) is -1.43. The van der Waals surface area contributed by atoms with Crippen molar-refractivity contribution < 1.29 is 18.5 Å². The maximum atomic E-state index is 11.4. The zero-order valence-corrected chi connectivity index (χ0v) is 10.3. The first-order valence-electron chi connectivity index (χ1n) is 4.89. The smallest absolute Gasteiger partial charge is 0.302 e. The zero-order chi connectivity index (χ0) is 11.2. The predicted octanol–water partition coefficient (Wildman–Crippen LogP) is 2.72. The molecule has 0 aromatic carbocycles. The lowest BCUT2D eigenvalue weighted by Crippen LogP contribution is -2.49. The van der Waals surface area contributed by atoms with Gasteiger partial charge in [0.25, 0.3) is 0 Å². The van der Waals surface area contributed by atoms with Crippen molar-refractivity contribution in [1.29, 1.82) is 0 Å². The van der Waals surface area contributed by atoms with Crippen molar-refractivity contribution in [3.8, 4) is 0 Å². The van der Waals surface area contributed by atoms with Crippen LogP contribution in [0.2, 0.25) is 0 Å². The molecule has 0 spiro atoms. The molecule has 1 heterocycles. The van der Waals surface area contributed by atoms with E-state index in [1.165, 1.54) is 0 Å². The van der Waals surface area contributed by atoms with Crippen LogP contribution in [0.25, 0.3) is 0 Å². The molecule has 1 N–H and O–H groups in total. The molecule has 4 nitrogen and oxygen atoms in total. The number of phosphoric ester groups is 1. The van der Waals surface area contributed by atoms with Gasteiger partial charge in [-0.25, -0.2) is 4.57 Å². The van der Waals surface area contributed by atoms with Gasteiger partial charge in [0.15, 0.2) is 0 Å². The van der Waals surface area contributed by atoms with Crippen molar-refractivity contribution in [3.05, 3.63) is 0 Å². The lowest BCUT2D eigenvalue weighted by molar-refractivity contribution is -0.0500.